The number of nitrogens with zero attached hydrogens (tertiary/aromatic N) is 2. The monoisotopic (exact) mass is 553 g/mol. The average molecular weight is 554 g/mol. The van der Waals surface area contributed by atoms with E-state index in [2.05, 4.69) is 20.9 Å². The van der Waals surface area contributed by atoms with Gasteiger partial charge in [-0.2, -0.15) is 0 Å². The van der Waals surface area contributed by atoms with Crippen LogP contribution in [0.3, 0.4) is 0 Å². The molecule has 0 saturated carbocycles. The molecule has 4 rings (SSSR count). The summed E-state index contributed by atoms with van der Waals surface area (Å²) >= 11 is 6.24. The Balaban J connectivity index is 1.26. The van der Waals surface area contributed by atoms with Crippen LogP contribution in [0.15, 0.2) is 66.7 Å². The van der Waals surface area contributed by atoms with Gasteiger partial charge in [-0.3, -0.25) is 0 Å². The number of hydrogen-bond donors (Lipinski definition) is 4. The first-order valence-electron chi connectivity index (χ1n) is 12.7. The third kappa shape index (κ3) is 7.92. The van der Waals surface area contributed by atoms with Crippen LogP contribution in [0, 0.1) is 0 Å². The smallest absolute Gasteiger partial charge is 0.323 e. The highest BCUT2D eigenvalue weighted by Crippen LogP contribution is 2.28. The molecule has 1 aliphatic heterocycles. The molecule has 1 aliphatic rings. The first kappa shape index (κ1) is 27.9. The number of piperazine rings is 1. The maximum absolute atomic E-state index is 12.8. The van der Waals surface area contributed by atoms with Crippen molar-refractivity contribution >= 4 is 46.4 Å². The van der Waals surface area contributed by atoms with E-state index in [0.29, 0.717) is 66.4 Å². The van der Waals surface area contributed by atoms with Crippen LogP contribution in [-0.4, -0.2) is 68.1 Å². The number of aliphatic hydroxyl groups excluding tert-OH is 1. The largest absolute Gasteiger partial charge is 0.494 e. The quantitative estimate of drug-likeness (QED) is 0.293. The van der Waals surface area contributed by atoms with Gasteiger partial charge in [0.15, 0.2) is 0 Å². The molecular weight excluding hydrogens is 522 g/mol. The number of amides is 4. The van der Waals surface area contributed by atoms with Gasteiger partial charge in [0, 0.05) is 55.4 Å². The number of nitrogens with one attached hydrogen (secondary N) is 3. The topological polar surface area (TPSA) is 115 Å². The Kier molecular flexibility index (Phi) is 9.71. The van der Waals surface area contributed by atoms with E-state index in [1.54, 1.807) is 35.2 Å². The number of carbonyl (C=O) groups is 2. The zero-order chi connectivity index (χ0) is 27.6. The van der Waals surface area contributed by atoms with E-state index < -0.39 is 0 Å². The molecule has 11 heteroatoms. The molecule has 0 bridgehead atoms. The summed E-state index contributed by atoms with van der Waals surface area (Å²) in [6.45, 7) is 4.90. The van der Waals surface area contributed by atoms with Crippen molar-refractivity contribution in [2.24, 2.45) is 0 Å². The Bertz CT molecular complexity index is 1270. The van der Waals surface area contributed by atoms with E-state index in [1.165, 1.54) is 0 Å². The van der Waals surface area contributed by atoms with Crippen LogP contribution in [0.25, 0.3) is 0 Å². The highest BCUT2D eigenvalue weighted by atomic mass is 35.5. The fraction of sp³-hybridized carbons (Fsp3) is 0.286. The van der Waals surface area contributed by atoms with Gasteiger partial charge in [-0.1, -0.05) is 17.7 Å². The number of aliphatic hydroxyl groups is 1. The number of hydrogen-bond acceptors (Lipinski definition) is 6. The fourth-order valence-corrected chi connectivity index (χ4v) is 4.26. The van der Waals surface area contributed by atoms with Crippen LogP contribution >= 0.6 is 11.6 Å². The second-order valence-corrected chi connectivity index (χ2v) is 9.11. The molecule has 3 aromatic carbocycles. The molecule has 1 fully saturated rings. The summed E-state index contributed by atoms with van der Waals surface area (Å²) in [6.07, 6.45) is 0. The van der Waals surface area contributed by atoms with Crippen LogP contribution in [-0.2, 0) is 0 Å². The van der Waals surface area contributed by atoms with Gasteiger partial charge in [0.05, 0.1) is 23.9 Å². The van der Waals surface area contributed by atoms with Crippen molar-refractivity contribution in [2.75, 3.05) is 66.8 Å². The molecule has 4 N–H and O–H groups in total. The van der Waals surface area contributed by atoms with Crippen molar-refractivity contribution in [1.82, 2.24) is 4.90 Å². The predicted molar refractivity (Wildman–Crippen MR) is 154 cm³/mol. The van der Waals surface area contributed by atoms with E-state index in [-0.39, 0.29) is 25.3 Å². The SMILES string of the molecule is CCOc1cccc(NC(=O)Nc2ccc(N3CCN(C(=O)Nc4cc(OCCO)ccc4Cl)CC3)cc2)c1. The molecule has 206 valence electrons. The van der Waals surface area contributed by atoms with E-state index in [4.69, 9.17) is 26.2 Å². The Labute approximate surface area is 232 Å². The zero-order valence-corrected chi connectivity index (χ0v) is 22.4. The predicted octanol–water partition coefficient (Wildman–Crippen LogP) is 5.11. The minimum Gasteiger partial charge on any atom is -0.494 e. The van der Waals surface area contributed by atoms with Crippen molar-refractivity contribution in [2.45, 2.75) is 6.92 Å². The summed E-state index contributed by atoms with van der Waals surface area (Å²) in [5.74, 6) is 1.21. The Morgan fingerprint density at radius 1 is 0.872 bits per heavy atom. The van der Waals surface area contributed by atoms with Crippen molar-refractivity contribution < 1.29 is 24.2 Å². The molecule has 3 aromatic rings. The minimum atomic E-state index is -0.346. The summed E-state index contributed by atoms with van der Waals surface area (Å²) in [6, 6.07) is 19.2. The lowest BCUT2D eigenvalue weighted by Gasteiger charge is -2.36. The van der Waals surface area contributed by atoms with Crippen LogP contribution in [0.1, 0.15) is 6.92 Å². The lowest BCUT2D eigenvalue weighted by Crippen LogP contribution is -2.50. The van der Waals surface area contributed by atoms with E-state index in [9.17, 15) is 9.59 Å². The standard InChI is InChI=1S/C28H32ClN5O5/c1-2-38-23-5-3-4-21(18-23)31-27(36)30-20-6-8-22(9-7-20)33-12-14-34(15-13-33)28(37)32-26-19-24(39-17-16-35)10-11-25(26)29/h3-11,18-19,35H,2,12-17H2,1H3,(H,32,37)(H2,30,31,36). The fourth-order valence-electron chi connectivity index (χ4n) is 4.09. The Hall–Kier alpha value is -4.15. The van der Waals surface area contributed by atoms with Crippen molar-refractivity contribution in [1.29, 1.82) is 0 Å². The van der Waals surface area contributed by atoms with Crippen LogP contribution in [0.4, 0.5) is 32.3 Å². The third-order valence-electron chi connectivity index (χ3n) is 6.00. The van der Waals surface area contributed by atoms with Gasteiger partial charge in [0.2, 0.25) is 0 Å². The van der Waals surface area contributed by atoms with Crippen LogP contribution in [0.2, 0.25) is 5.02 Å². The van der Waals surface area contributed by atoms with Crippen LogP contribution < -0.4 is 30.3 Å². The summed E-state index contributed by atoms with van der Waals surface area (Å²) in [7, 11) is 0. The summed E-state index contributed by atoms with van der Waals surface area (Å²) in [5.41, 5.74) is 2.76. The molecule has 1 saturated heterocycles. The van der Waals surface area contributed by atoms with E-state index in [1.807, 2.05) is 43.3 Å². The molecule has 1 heterocycles. The van der Waals surface area contributed by atoms with Crippen molar-refractivity contribution in [3.8, 4) is 11.5 Å². The second kappa shape index (κ2) is 13.6. The third-order valence-corrected chi connectivity index (χ3v) is 6.33. The number of benzene rings is 3. The molecule has 0 aromatic heterocycles. The number of ether oxygens (including phenoxy) is 2. The molecule has 39 heavy (non-hydrogen) atoms. The lowest BCUT2D eigenvalue weighted by atomic mass is 10.2. The molecule has 0 aliphatic carbocycles. The number of rotatable bonds is 9. The van der Waals surface area contributed by atoms with Gasteiger partial charge in [-0.25, -0.2) is 9.59 Å². The maximum atomic E-state index is 12.8. The molecule has 0 atom stereocenters. The first-order valence-corrected chi connectivity index (χ1v) is 13.1. The first-order chi connectivity index (χ1) is 18.9. The highest BCUT2D eigenvalue weighted by molar-refractivity contribution is 6.33. The molecule has 0 unspecified atom stereocenters. The normalized spacial score (nSPS) is 13.0. The molecular formula is C28H32ClN5O5. The number of carbonyl (C=O) groups excluding carboxylic acids is 2. The number of halogens is 1. The summed E-state index contributed by atoms with van der Waals surface area (Å²) < 4.78 is 10.9. The van der Waals surface area contributed by atoms with Gasteiger partial charge in [0.25, 0.3) is 0 Å². The molecule has 4 amide bonds. The summed E-state index contributed by atoms with van der Waals surface area (Å²) in [5, 5.41) is 17.8. The summed E-state index contributed by atoms with van der Waals surface area (Å²) in [4.78, 5) is 29.1. The van der Waals surface area contributed by atoms with Crippen LogP contribution in [0.5, 0.6) is 11.5 Å². The van der Waals surface area contributed by atoms with Gasteiger partial charge in [-0.05, 0) is 55.5 Å². The van der Waals surface area contributed by atoms with Crippen molar-refractivity contribution in [3.63, 3.8) is 0 Å². The molecule has 0 spiro atoms. The maximum Gasteiger partial charge on any atom is 0.323 e. The number of anilines is 4. The second-order valence-electron chi connectivity index (χ2n) is 8.70. The molecule has 10 nitrogen and oxygen atoms in total. The van der Waals surface area contributed by atoms with Gasteiger partial charge in [-0.15, -0.1) is 0 Å². The van der Waals surface area contributed by atoms with Crippen molar-refractivity contribution in [3.05, 3.63) is 71.8 Å². The van der Waals surface area contributed by atoms with E-state index >= 15 is 0 Å². The number of urea groups is 2. The van der Waals surface area contributed by atoms with Gasteiger partial charge >= 0.3 is 12.1 Å². The Morgan fingerprint density at radius 3 is 2.31 bits per heavy atom. The highest BCUT2D eigenvalue weighted by Gasteiger charge is 2.22. The average Bonchev–Trinajstić information content (AvgIpc) is 2.94. The molecule has 0 radical (unpaired) electrons. The lowest BCUT2D eigenvalue weighted by molar-refractivity contribution is 0.201. The zero-order valence-electron chi connectivity index (χ0n) is 21.7. The minimum absolute atomic E-state index is 0.104. The van der Waals surface area contributed by atoms with Gasteiger partial charge in [0.1, 0.15) is 18.1 Å². The van der Waals surface area contributed by atoms with E-state index in [0.717, 1.165) is 5.69 Å². The van der Waals surface area contributed by atoms with Gasteiger partial charge < -0.3 is 40.3 Å². The Morgan fingerprint density at radius 2 is 1.59 bits per heavy atom.